The number of benzene rings is 1. The van der Waals surface area contributed by atoms with E-state index in [2.05, 4.69) is 29.0 Å². The van der Waals surface area contributed by atoms with Crippen LogP contribution in [0.4, 0.5) is 5.69 Å². The number of carbonyl (C=O) groups is 2. The standard InChI is InChI=1S/C27H41N3O2/c1-3-26(31)30-18-17-23-12-8-13-24(28(23)2)20-29(19-22-11-6-7-14-25(22)30)27(32)16-15-21-9-4-5-10-21/h6-7,11,14,21,23-24H,3-5,8-10,12-13,15-20H2,1-2H3. The third-order valence-electron chi connectivity index (χ3n) is 8.18. The van der Waals surface area contributed by atoms with Gasteiger partial charge in [-0.15, -0.1) is 0 Å². The number of likely N-dealkylation sites (N-methyl/N-ethyl adjacent to an activating group) is 1. The van der Waals surface area contributed by atoms with E-state index in [1.165, 1.54) is 38.5 Å². The summed E-state index contributed by atoms with van der Waals surface area (Å²) in [7, 11) is 2.23. The van der Waals surface area contributed by atoms with Crippen LogP contribution < -0.4 is 4.90 Å². The molecule has 2 heterocycles. The summed E-state index contributed by atoms with van der Waals surface area (Å²) in [6.07, 6.45) is 11.9. The van der Waals surface area contributed by atoms with Crippen LogP contribution in [0.2, 0.25) is 0 Å². The van der Waals surface area contributed by atoms with Crippen LogP contribution >= 0.6 is 0 Å². The third kappa shape index (κ3) is 5.36. The Balaban J connectivity index is 1.61. The quantitative estimate of drug-likeness (QED) is 0.664. The number of para-hydroxylation sites is 1. The van der Waals surface area contributed by atoms with Gasteiger partial charge < -0.3 is 9.80 Å². The van der Waals surface area contributed by atoms with Gasteiger partial charge in [0.25, 0.3) is 0 Å². The van der Waals surface area contributed by atoms with Gasteiger partial charge in [0.05, 0.1) is 0 Å². The fourth-order valence-corrected chi connectivity index (χ4v) is 6.12. The number of nitrogens with zero attached hydrogens (tertiary/aromatic N) is 3. The average molecular weight is 440 g/mol. The molecular weight excluding hydrogens is 398 g/mol. The minimum absolute atomic E-state index is 0.172. The van der Waals surface area contributed by atoms with Crippen molar-refractivity contribution < 1.29 is 9.59 Å². The molecule has 5 nitrogen and oxygen atoms in total. The van der Waals surface area contributed by atoms with Gasteiger partial charge in [0.1, 0.15) is 0 Å². The second kappa shape index (κ2) is 10.8. The molecule has 32 heavy (non-hydrogen) atoms. The fraction of sp³-hybridized carbons (Fsp3) is 0.704. The Morgan fingerprint density at radius 2 is 1.69 bits per heavy atom. The number of carbonyl (C=O) groups excluding carboxylic acids is 2. The molecule has 1 saturated carbocycles. The number of anilines is 1. The minimum Gasteiger partial charge on any atom is -0.337 e. The second-order valence-electron chi connectivity index (χ2n) is 10.2. The van der Waals surface area contributed by atoms with E-state index in [0.717, 1.165) is 49.5 Å². The molecule has 4 rings (SSSR count). The molecular formula is C27H41N3O2. The van der Waals surface area contributed by atoms with E-state index in [1.54, 1.807) is 0 Å². The van der Waals surface area contributed by atoms with Crippen LogP contribution in [0, 0.1) is 5.92 Å². The maximum absolute atomic E-state index is 13.5. The summed E-state index contributed by atoms with van der Waals surface area (Å²) in [4.78, 5) is 33.0. The number of hydrogen-bond donors (Lipinski definition) is 0. The van der Waals surface area contributed by atoms with E-state index >= 15 is 0 Å². The summed E-state index contributed by atoms with van der Waals surface area (Å²) in [5, 5.41) is 0. The average Bonchev–Trinajstić information content (AvgIpc) is 3.33. The van der Waals surface area contributed by atoms with Gasteiger partial charge in [0.2, 0.25) is 11.8 Å². The van der Waals surface area contributed by atoms with Crippen LogP contribution in [0.1, 0.15) is 83.1 Å². The Hall–Kier alpha value is -1.88. The first-order valence-electron chi connectivity index (χ1n) is 12.9. The zero-order valence-corrected chi connectivity index (χ0v) is 20.1. The minimum atomic E-state index is 0.172. The van der Waals surface area contributed by atoms with Gasteiger partial charge >= 0.3 is 0 Å². The summed E-state index contributed by atoms with van der Waals surface area (Å²) in [6, 6.07) is 9.12. The number of amides is 2. The van der Waals surface area contributed by atoms with Crippen molar-refractivity contribution in [2.45, 2.75) is 96.2 Å². The molecule has 0 radical (unpaired) electrons. The van der Waals surface area contributed by atoms with Crippen LogP contribution in [0.15, 0.2) is 24.3 Å². The van der Waals surface area contributed by atoms with Gasteiger partial charge in [0, 0.05) is 50.2 Å². The summed E-state index contributed by atoms with van der Waals surface area (Å²) < 4.78 is 0. The van der Waals surface area contributed by atoms with Gasteiger partial charge in [-0.3, -0.25) is 14.5 Å². The van der Waals surface area contributed by atoms with Crippen LogP contribution in [0.5, 0.6) is 0 Å². The highest BCUT2D eigenvalue weighted by Crippen LogP contribution is 2.31. The van der Waals surface area contributed by atoms with Crippen molar-refractivity contribution in [3.05, 3.63) is 29.8 Å². The number of hydrogen-bond acceptors (Lipinski definition) is 3. The van der Waals surface area contributed by atoms with E-state index in [1.807, 2.05) is 24.0 Å². The van der Waals surface area contributed by atoms with E-state index in [4.69, 9.17) is 0 Å². The first-order chi connectivity index (χ1) is 15.6. The second-order valence-corrected chi connectivity index (χ2v) is 10.2. The van der Waals surface area contributed by atoms with Gasteiger partial charge in [-0.05, 0) is 50.3 Å². The van der Waals surface area contributed by atoms with E-state index in [-0.39, 0.29) is 11.8 Å². The molecule has 2 aliphatic heterocycles. The lowest BCUT2D eigenvalue weighted by Gasteiger charge is -2.42. The zero-order chi connectivity index (χ0) is 22.5. The van der Waals surface area contributed by atoms with Crippen molar-refractivity contribution in [2.24, 2.45) is 5.92 Å². The van der Waals surface area contributed by atoms with Crippen molar-refractivity contribution in [3.63, 3.8) is 0 Å². The first kappa shape index (κ1) is 23.3. The Morgan fingerprint density at radius 1 is 0.938 bits per heavy atom. The molecule has 2 amide bonds. The smallest absolute Gasteiger partial charge is 0.226 e. The SMILES string of the molecule is CCC(=O)N1CCC2CCCC(CN(C(=O)CCC3CCCC3)Cc3ccccc31)N2C. The molecule has 0 N–H and O–H groups in total. The molecule has 0 aromatic heterocycles. The topological polar surface area (TPSA) is 43.9 Å². The molecule has 2 atom stereocenters. The molecule has 2 unspecified atom stereocenters. The largest absolute Gasteiger partial charge is 0.337 e. The van der Waals surface area contributed by atoms with Gasteiger partial charge in [-0.25, -0.2) is 0 Å². The summed E-state index contributed by atoms with van der Waals surface area (Å²) in [5.41, 5.74) is 2.09. The van der Waals surface area contributed by atoms with E-state index < -0.39 is 0 Å². The molecule has 3 aliphatic rings. The van der Waals surface area contributed by atoms with Crippen molar-refractivity contribution in [2.75, 3.05) is 25.0 Å². The maximum atomic E-state index is 13.5. The Labute approximate surface area is 194 Å². The highest BCUT2D eigenvalue weighted by molar-refractivity contribution is 5.94. The van der Waals surface area contributed by atoms with Crippen LogP contribution in [-0.4, -0.2) is 53.8 Å². The summed E-state index contributed by atoms with van der Waals surface area (Å²) >= 11 is 0. The highest BCUT2D eigenvalue weighted by Gasteiger charge is 2.32. The van der Waals surface area contributed by atoms with Crippen molar-refractivity contribution in [3.8, 4) is 0 Å². The lowest BCUT2D eigenvalue weighted by molar-refractivity contribution is -0.133. The lowest BCUT2D eigenvalue weighted by atomic mass is 9.93. The van der Waals surface area contributed by atoms with Crippen molar-refractivity contribution in [1.82, 2.24) is 9.80 Å². The molecule has 176 valence electrons. The monoisotopic (exact) mass is 439 g/mol. The van der Waals surface area contributed by atoms with Gasteiger partial charge in [-0.2, -0.15) is 0 Å². The predicted octanol–water partition coefficient (Wildman–Crippen LogP) is 4.99. The van der Waals surface area contributed by atoms with Crippen molar-refractivity contribution in [1.29, 1.82) is 0 Å². The number of piperidine rings is 1. The lowest BCUT2D eigenvalue weighted by Crippen LogP contribution is -2.50. The maximum Gasteiger partial charge on any atom is 0.226 e. The molecule has 0 spiro atoms. The molecule has 1 aromatic carbocycles. The molecule has 1 aromatic rings. The summed E-state index contributed by atoms with van der Waals surface area (Å²) in [5.74, 6) is 1.19. The Bertz CT molecular complexity index is 789. The van der Waals surface area contributed by atoms with Crippen LogP contribution in [0.25, 0.3) is 0 Å². The zero-order valence-electron chi connectivity index (χ0n) is 20.1. The van der Waals surface area contributed by atoms with Crippen molar-refractivity contribution >= 4 is 17.5 Å². The van der Waals surface area contributed by atoms with E-state index in [0.29, 0.717) is 31.5 Å². The Kier molecular flexibility index (Phi) is 7.88. The third-order valence-corrected chi connectivity index (χ3v) is 8.18. The molecule has 2 bridgehead atoms. The highest BCUT2D eigenvalue weighted by atomic mass is 16.2. The Morgan fingerprint density at radius 3 is 2.47 bits per heavy atom. The fourth-order valence-electron chi connectivity index (χ4n) is 6.12. The molecule has 1 saturated heterocycles. The van der Waals surface area contributed by atoms with Crippen LogP contribution in [0.3, 0.4) is 0 Å². The first-order valence-corrected chi connectivity index (χ1v) is 12.9. The normalized spacial score (nSPS) is 25.3. The predicted molar refractivity (Wildman–Crippen MR) is 130 cm³/mol. The number of fused-ring (bicyclic) bond motifs is 3. The summed E-state index contributed by atoms with van der Waals surface area (Å²) in [6.45, 7) is 4.09. The van der Waals surface area contributed by atoms with Gasteiger partial charge in [0.15, 0.2) is 0 Å². The van der Waals surface area contributed by atoms with Crippen LogP contribution in [-0.2, 0) is 16.1 Å². The molecule has 2 fully saturated rings. The van der Waals surface area contributed by atoms with Gasteiger partial charge in [-0.1, -0.05) is 57.2 Å². The van der Waals surface area contributed by atoms with E-state index in [9.17, 15) is 9.59 Å². The molecule has 1 aliphatic carbocycles. The molecule has 5 heteroatoms. The number of rotatable bonds is 4.